The van der Waals surface area contributed by atoms with Crippen LogP contribution in [0.1, 0.15) is 59.5 Å². The Balaban J connectivity index is 1.32. The summed E-state index contributed by atoms with van der Waals surface area (Å²) in [5.74, 6) is 1.62. The number of hydrogen-bond acceptors (Lipinski definition) is 6. The van der Waals surface area contributed by atoms with Crippen LogP contribution >= 0.6 is 0 Å². The first-order chi connectivity index (χ1) is 15.7. The number of nitrogens with zero attached hydrogens (tertiary/aromatic N) is 6. The number of nitrogens with one attached hydrogen (secondary N) is 2. The molecule has 1 amide bonds. The molecule has 1 aliphatic heterocycles. The summed E-state index contributed by atoms with van der Waals surface area (Å²) in [5, 5.41) is 10.8. The highest BCUT2D eigenvalue weighted by Crippen LogP contribution is 2.39. The van der Waals surface area contributed by atoms with Gasteiger partial charge in [-0.25, -0.2) is 9.97 Å². The van der Waals surface area contributed by atoms with Crippen molar-refractivity contribution in [3.8, 4) is 0 Å². The number of rotatable bonds is 5. The van der Waals surface area contributed by atoms with Gasteiger partial charge in [-0.15, -0.1) is 0 Å². The van der Waals surface area contributed by atoms with Crippen molar-refractivity contribution >= 4 is 23.3 Å². The van der Waals surface area contributed by atoms with Crippen molar-refractivity contribution in [1.29, 1.82) is 0 Å². The molecule has 1 saturated carbocycles. The lowest BCUT2D eigenvalue weighted by Gasteiger charge is -2.24. The number of amides is 1. The van der Waals surface area contributed by atoms with E-state index in [-0.39, 0.29) is 11.9 Å². The van der Waals surface area contributed by atoms with Gasteiger partial charge in [-0.05, 0) is 49.9 Å². The smallest absolute Gasteiger partial charge is 0.256 e. The van der Waals surface area contributed by atoms with Crippen LogP contribution in [0.25, 0.3) is 5.65 Å². The molecule has 4 aromatic rings. The molecule has 0 aromatic carbocycles. The van der Waals surface area contributed by atoms with Gasteiger partial charge in [-0.2, -0.15) is 14.5 Å². The number of hydrogen-bond donors (Lipinski definition) is 2. The van der Waals surface area contributed by atoms with Gasteiger partial charge < -0.3 is 10.2 Å². The van der Waals surface area contributed by atoms with Crippen molar-refractivity contribution < 1.29 is 9.18 Å². The number of anilines is 2. The minimum atomic E-state index is -0.611. The topological polar surface area (TPSA) is 104 Å². The zero-order valence-corrected chi connectivity index (χ0v) is 17.2. The van der Waals surface area contributed by atoms with Crippen LogP contribution in [0.5, 0.6) is 0 Å². The van der Waals surface area contributed by atoms with E-state index in [1.54, 1.807) is 4.90 Å². The normalized spacial score (nSPS) is 18.4. The van der Waals surface area contributed by atoms with E-state index in [4.69, 9.17) is 9.97 Å². The van der Waals surface area contributed by atoms with Crippen molar-refractivity contribution in [2.75, 3.05) is 11.9 Å². The Morgan fingerprint density at radius 1 is 1.19 bits per heavy atom. The van der Waals surface area contributed by atoms with Crippen molar-refractivity contribution in [1.82, 2.24) is 34.4 Å². The lowest BCUT2D eigenvalue weighted by molar-refractivity contribution is 0.0729. The maximum Gasteiger partial charge on any atom is 0.256 e. The number of pyridine rings is 1. The van der Waals surface area contributed by atoms with E-state index in [9.17, 15) is 9.18 Å². The minimum absolute atomic E-state index is 0.199. The van der Waals surface area contributed by atoms with Crippen LogP contribution in [0.4, 0.5) is 16.2 Å². The summed E-state index contributed by atoms with van der Waals surface area (Å²) in [7, 11) is 0. The average molecular weight is 432 g/mol. The van der Waals surface area contributed by atoms with E-state index in [0.29, 0.717) is 35.6 Å². The van der Waals surface area contributed by atoms with E-state index < -0.39 is 5.95 Å². The number of carbonyl (C=O) groups excluding carboxylic acids is 1. The zero-order chi connectivity index (χ0) is 21.7. The van der Waals surface area contributed by atoms with Gasteiger partial charge in [0.05, 0.1) is 11.6 Å². The Hall–Kier alpha value is -3.82. The Labute approximate surface area is 182 Å². The molecule has 2 aliphatic rings. The molecule has 0 radical (unpaired) electrons. The van der Waals surface area contributed by atoms with Gasteiger partial charge in [-0.3, -0.25) is 14.3 Å². The molecule has 32 heavy (non-hydrogen) atoms. The molecule has 2 fully saturated rings. The minimum Gasteiger partial charge on any atom is -0.328 e. The van der Waals surface area contributed by atoms with E-state index in [1.807, 2.05) is 28.8 Å². The third-order valence-corrected chi connectivity index (χ3v) is 6.05. The zero-order valence-electron chi connectivity index (χ0n) is 17.2. The number of halogens is 1. The quantitative estimate of drug-likeness (QED) is 0.467. The van der Waals surface area contributed by atoms with Gasteiger partial charge in [0.1, 0.15) is 5.65 Å². The number of likely N-dealkylation sites (tertiary alicyclic amines) is 1. The van der Waals surface area contributed by atoms with Crippen LogP contribution in [0.3, 0.4) is 0 Å². The first-order valence-electron chi connectivity index (χ1n) is 10.8. The van der Waals surface area contributed by atoms with Crippen molar-refractivity contribution in [3.63, 3.8) is 0 Å². The van der Waals surface area contributed by atoms with Gasteiger partial charge in [0.2, 0.25) is 11.9 Å². The van der Waals surface area contributed by atoms with Gasteiger partial charge in [0, 0.05) is 36.6 Å². The fourth-order valence-corrected chi connectivity index (χ4v) is 4.25. The van der Waals surface area contributed by atoms with Crippen molar-refractivity contribution in [2.24, 2.45) is 0 Å². The lowest BCUT2D eigenvalue weighted by atomic mass is 10.2. The number of carbonyl (C=O) groups is 1. The summed E-state index contributed by atoms with van der Waals surface area (Å²) in [6.45, 7) is 0.587. The second kappa shape index (κ2) is 7.40. The molecule has 6 rings (SSSR count). The highest BCUT2D eigenvalue weighted by molar-refractivity contribution is 5.94. The highest BCUT2D eigenvalue weighted by Gasteiger charge is 2.33. The predicted octanol–water partition coefficient (Wildman–Crippen LogP) is 3.58. The molecular weight excluding hydrogens is 411 g/mol. The van der Waals surface area contributed by atoms with E-state index in [1.165, 1.54) is 31.2 Å². The molecule has 4 aromatic heterocycles. The van der Waals surface area contributed by atoms with Gasteiger partial charge >= 0.3 is 0 Å². The molecule has 0 bridgehead atoms. The molecule has 0 unspecified atom stereocenters. The summed E-state index contributed by atoms with van der Waals surface area (Å²) in [6.07, 6.45) is 7.13. The Morgan fingerprint density at radius 2 is 2.09 bits per heavy atom. The number of H-pyrrole nitrogens is 1. The van der Waals surface area contributed by atoms with Crippen LogP contribution in [0.2, 0.25) is 0 Å². The van der Waals surface area contributed by atoms with E-state index in [0.717, 1.165) is 24.2 Å². The standard InChI is InChI=1S/C22H21FN8O/c23-17-8-7-14(12-24-17)21(32)30-9-1-3-16(30)20-26-19-4-2-10-31(19)22(27-20)25-18-11-15(28-29-18)13-5-6-13/h2,4,7-8,10-13,16H,1,3,5-6,9H2,(H2,25,26,27,28,29)/t16-/m0/s1. The Kier molecular flexibility index (Phi) is 4.37. The summed E-state index contributed by atoms with van der Waals surface area (Å²) in [5.41, 5.74) is 2.22. The molecule has 2 N–H and O–H groups in total. The summed E-state index contributed by atoms with van der Waals surface area (Å²) >= 11 is 0. The molecule has 10 heteroatoms. The first kappa shape index (κ1) is 18.9. The van der Waals surface area contributed by atoms with Crippen LogP contribution in [-0.2, 0) is 0 Å². The molecular formula is C22H21FN8O. The molecule has 1 atom stereocenters. The van der Waals surface area contributed by atoms with Gasteiger partial charge in [0.25, 0.3) is 5.91 Å². The number of aromatic nitrogens is 6. The Bertz CT molecular complexity index is 1290. The molecule has 162 valence electrons. The summed E-state index contributed by atoms with van der Waals surface area (Å²) in [6, 6.07) is 8.21. The summed E-state index contributed by atoms with van der Waals surface area (Å²) < 4.78 is 15.0. The molecule has 9 nitrogen and oxygen atoms in total. The monoisotopic (exact) mass is 432 g/mol. The molecule has 5 heterocycles. The average Bonchev–Trinajstić information content (AvgIpc) is 3.20. The third kappa shape index (κ3) is 3.37. The number of aromatic amines is 1. The van der Waals surface area contributed by atoms with Gasteiger partial charge in [-0.1, -0.05) is 0 Å². The largest absolute Gasteiger partial charge is 0.328 e. The molecule has 1 aliphatic carbocycles. The Morgan fingerprint density at radius 3 is 2.91 bits per heavy atom. The molecule has 1 saturated heterocycles. The van der Waals surface area contributed by atoms with Crippen LogP contribution in [0.15, 0.2) is 42.7 Å². The predicted molar refractivity (Wildman–Crippen MR) is 114 cm³/mol. The summed E-state index contributed by atoms with van der Waals surface area (Å²) in [4.78, 5) is 27.9. The second-order valence-electron chi connectivity index (χ2n) is 8.28. The van der Waals surface area contributed by atoms with Crippen molar-refractivity contribution in [3.05, 3.63) is 65.8 Å². The lowest BCUT2D eigenvalue weighted by Crippen LogP contribution is -2.32. The first-order valence-corrected chi connectivity index (χ1v) is 10.8. The maximum atomic E-state index is 13.2. The van der Waals surface area contributed by atoms with Gasteiger partial charge in [0.15, 0.2) is 11.6 Å². The fraction of sp³-hybridized carbons (Fsp3) is 0.318. The fourth-order valence-electron chi connectivity index (χ4n) is 4.25. The van der Waals surface area contributed by atoms with E-state index in [2.05, 4.69) is 20.5 Å². The SMILES string of the molecule is O=C(c1ccc(F)nc1)N1CCC[C@H]1c1nc(Nc2cc(C3CC3)[nH]n2)n2cccc2n1. The van der Waals surface area contributed by atoms with E-state index >= 15 is 0 Å². The maximum absolute atomic E-state index is 13.2. The van der Waals surface area contributed by atoms with Crippen molar-refractivity contribution in [2.45, 2.75) is 37.6 Å². The molecule has 0 spiro atoms. The van der Waals surface area contributed by atoms with Crippen LogP contribution < -0.4 is 5.32 Å². The third-order valence-electron chi connectivity index (χ3n) is 6.05. The highest BCUT2D eigenvalue weighted by atomic mass is 19.1. The van der Waals surface area contributed by atoms with Crippen LogP contribution in [-0.4, -0.2) is 46.9 Å². The second-order valence-corrected chi connectivity index (χ2v) is 8.28. The number of fused-ring (bicyclic) bond motifs is 1. The van der Waals surface area contributed by atoms with Crippen LogP contribution in [0, 0.1) is 5.95 Å².